The Morgan fingerprint density at radius 1 is 1.26 bits per heavy atom. The minimum atomic E-state index is -2.74. The molecule has 0 amide bonds. The lowest BCUT2D eigenvalue weighted by Gasteiger charge is -2.24. The second-order valence-electron chi connectivity index (χ2n) is 5.54. The van der Waals surface area contributed by atoms with Gasteiger partial charge in [0.2, 0.25) is 5.92 Å². The molecule has 0 radical (unpaired) electrons. The van der Waals surface area contributed by atoms with E-state index in [1.54, 1.807) is 24.3 Å². The first kappa shape index (κ1) is 14.0. The number of halogens is 2. The first-order valence-corrected chi connectivity index (χ1v) is 6.54. The summed E-state index contributed by atoms with van der Waals surface area (Å²) in [5.74, 6) is -3.54. The zero-order valence-electron chi connectivity index (χ0n) is 11.0. The summed E-state index contributed by atoms with van der Waals surface area (Å²) < 4.78 is 25.8. The van der Waals surface area contributed by atoms with E-state index in [9.17, 15) is 18.7 Å². The number of hydrogen-bond donors (Lipinski definition) is 1. The van der Waals surface area contributed by atoms with Gasteiger partial charge in [-0.15, -0.1) is 0 Å². The standard InChI is InChI=1S/C15H18F2O2/c1-14(16,17)10-11-4-6-12(7-5-11)15(13(18)19)8-2-3-9-15/h4-7H,2-3,8-10H2,1H3,(H,18,19). The van der Waals surface area contributed by atoms with Crippen LogP contribution in [0, 0.1) is 0 Å². The molecule has 1 aliphatic rings. The number of carboxylic acids is 1. The molecule has 2 rings (SSSR count). The highest BCUT2D eigenvalue weighted by Gasteiger charge is 2.42. The third-order valence-corrected chi connectivity index (χ3v) is 3.89. The average molecular weight is 268 g/mol. The van der Waals surface area contributed by atoms with Crippen LogP contribution in [0.15, 0.2) is 24.3 Å². The van der Waals surface area contributed by atoms with Crippen molar-refractivity contribution in [3.63, 3.8) is 0 Å². The normalized spacial score (nSPS) is 18.5. The van der Waals surface area contributed by atoms with Gasteiger partial charge in [0, 0.05) is 6.42 Å². The summed E-state index contributed by atoms with van der Waals surface area (Å²) >= 11 is 0. The van der Waals surface area contributed by atoms with E-state index in [0.29, 0.717) is 18.4 Å². The van der Waals surface area contributed by atoms with Gasteiger partial charge < -0.3 is 5.11 Å². The van der Waals surface area contributed by atoms with Gasteiger partial charge in [-0.2, -0.15) is 0 Å². The Hall–Kier alpha value is -1.45. The van der Waals surface area contributed by atoms with Crippen molar-refractivity contribution in [3.8, 4) is 0 Å². The van der Waals surface area contributed by atoms with E-state index in [1.165, 1.54) is 0 Å². The zero-order chi connectivity index (χ0) is 14.1. The molecule has 1 fully saturated rings. The third-order valence-electron chi connectivity index (χ3n) is 3.89. The van der Waals surface area contributed by atoms with Gasteiger partial charge in [0.1, 0.15) is 0 Å². The van der Waals surface area contributed by atoms with E-state index in [2.05, 4.69) is 0 Å². The first-order chi connectivity index (χ1) is 8.83. The van der Waals surface area contributed by atoms with Gasteiger partial charge >= 0.3 is 5.97 Å². The highest BCUT2D eigenvalue weighted by molar-refractivity contribution is 5.81. The van der Waals surface area contributed by atoms with Crippen molar-refractivity contribution in [1.29, 1.82) is 0 Å². The van der Waals surface area contributed by atoms with Crippen molar-refractivity contribution in [3.05, 3.63) is 35.4 Å². The monoisotopic (exact) mass is 268 g/mol. The van der Waals surface area contributed by atoms with Crippen LogP contribution in [0.25, 0.3) is 0 Å². The summed E-state index contributed by atoms with van der Waals surface area (Å²) in [5.41, 5.74) is 0.461. The van der Waals surface area contributed by atoms with Gasteiger partial charge in [-0.1, -0.05) is 37.1 Å². The maximum absolute atomic E-state index is 12.9. The van der Waals surface area contributed by atoms with Crippen LogP contribution in [0.3, 0.4) is 0 Å². The van der Waals surface area contributed by atoms with Crippen molar-refractivity contribution in [2.75, 3.05) is 0 Å². The third kappa shape index (κ3) is 2.94. The minimum Gasteiger partial charge on any atom is -0.481 e. The maximum atomic E-state index is 12.9. The van der Waals surface area contributed by atoms with Crippen LogP contribution in [0.5, 0.6) is 0 Å². The fraction of sp³-hybridized carbons (Fsp3) is 0.533. The van der Waals surface area contributed by atoms with Crippen molar-refractivity contribution in [2.24, 2.45) is 0 Å². The molecule has 1 aliphatic carbocycles. The van der Waals surface area contributed by atoms with Gasteiger partial charge in [0.25, 0.3) is 0 Å². The van der Waals surface area contributed by atoms with Gasteiger partial charge in [0.15, 0.2) is 0 Å². The van der Waals surface area contributed by atoms with Crippen LogP contribution < -0.4 is 0 Å². The largest absolute Gasteiger partial charge is 0.481 e. The predicted octanol–water partition coefficient (Wildman–Crippen LogP) is 3.78. The molecule has 19 heavy (non-hydrogen) atoms. The molecule has 0 bridgehead atoms. The number of alkyl halides is 2. The Labute approximate surface area is 111 Å². The summed E-state index contributed by atoms with van der Waals surface area (Å²) in [7, 11) is 0. The summed E-state index contributed by atoms with van der Waals surface area (Å²) in [6.45, 7) is 0.886. The molecule has 2 nitrogen and oxygen atoms in total. The molecule has 0 unspecified atom stereocenters. The fourth-order valence-corrected chi connectivity index (χ4v) is 2.90. The molecule has 1 aromatic rings. The van der Waals surface area contributed by atoms with E-state index in [4.69, 9.17) is 0 Å². The molecule has 0 spiro atoms. The molecule has 4 heteroatoms. The van der Waals surface area contributed by atoms with Crippen LogP contribution in [0.1, 0.15) is 43.7 Å². The lowest BCUT2D eigenvalue weighted by Crippen LogP contribution is -2.32. The molecule has 1 saturated carbocycles. The van der Waals surface area contributed by atoms with E-state index >= 15 is 0 Å². The maximum Gasteiger partial charge on any atom is 0.314 e. The Morgan fingerprint density at radius 2 is 1.79 bits per heavy atom. The molecule has 0 aliphatic heterocycles. The minimum absolute atomic E-state index is 0.312. The van der Waals surface area contributed by atoms with Crippen molar-refractivity contribution >= 4 is 5.97 Å². The summed E-state index contributed by atoms with van der Waals surface area (Å²) in [6.07, 6.45) is 2.76. The first-order valence-electron chi connectivity index (χ1n) is 6.54. The quantitative estimate of drug-likeness (QED) is 0.902. The Bertz CT molecular complexity index is 454. The van der Waals surface area contributed by atoms with Gasteiger partial charge in [-0.3, -0.25) is 4.79 Å². The van der Waals surface area contributed by atoms with Gasteiger partial charge in [-0.05, 0) is 30.9 Å². The van der Waals surface area contributed by atoms with Crippen LogP contribution in [0.4, 0.5) is 8.78 Å². The molecule has 0 heterocycles. The highest BCUT2D eigenvalue weighted by Crippen LogP contribution is 2.41. The number of carbonyl (C=O) groups is 1. The molecule has 0 atom stereocenters. The van der Waals surface area contributed by atoms with E-state index < -0.39 is 17.3 Å². The zero-order valence-corrected chi connectivity index (χ0v) is 11.0. The summed E-state index contributed by atoms with van der Waals surface area (Å²) in [5, 5.41) is 9.45. The van der Waals surface area contributed by atoms with Crippen molar-refractivity contribution in [2.45, 2.75) is 50.4 Å². The number of aliphatic carboxylic acids is 1. The molecule has 1 N–H and O–H groups in total. The summed E-state index contributed by atoms with van der Waals surface area (Å²) in [4.78, 5) is 11.5. The lowest BCUT2D eigenvalue weighted by atomic mass is 9.78. The van der Waals surface area contributed by atoms with Crippen LogP contribution in [-0.4, -0.2) is 17.0 Å². The lowest BCUT2D eigenvalue weighted by molar-refractivity contribution is -0.143. The van der Waals surface area contributed by atoms with Crippen LogP contribution >= 0.6 is 0 Å². The number of benzene rings is 1. The number of rotatable bonds is 4. The van der Waals surface area contributed by atoms with Crippen LogP contribution in [0.2, 0.25) is 0 Å². The molecule has 104 valence electrons. The molecule has 0 aromatic heterocycles. The SMILES string of the molecule is CC(F)(F)Cc1ccc(C2(C(=O)O)CCCC2)cc1. The van der Waals surface area contributed by atoms with E-state index in [0.717, 1.165) is 25.3 Å². The van der Waals surface area contributed by atoms with E-state index in [1.807, 2.05) is 0 Å². The van der Waals surface area contributed by atoms with Crippen molar-refractivity contribution in [1.82, 2.24) is 0 Å². The number of hydrogen-bond acceptors (Lipinski definition) is 1. The second kappa shape index (κ2) is 4.91. The molecule has 1 aromatic carbocycles. The van der Waals surface area contributed by atoms with Crippen LogP contribution in [-0.2, 0) is 16.6 Å². The Balaban J connectivity index is 2.24. The molecular weight excluding hydrogens is 250 g/mol. The second-order valence-corrected chi connectivity index (χ2v) is 5.54. The summed E-state index contributed by atoms with van der Waals surface area (Å²) in [6, 6.07) is 6.63. The van der Waals surface area contributed by atoms with E-state index in [-0.39, 0.29) is 6.42 Å². The molecular formula is C15H18F2O2. The smallest absolute Gasteiger partial charge is 0.314 e. The average Bonchev–Trinajstić information content (AvgIpc) is 2.78. The molecule has 0 saturated heterocycles. The Morgan fingerprint density at radius 3 is 2.21 bits per heavy atom. The van der Waals surface area contributed by atoms with Gasteiger partial charge in [-0.25, -0.2) is 8.78 Å². The van der Waals surface area contributed by atoms with Gasteiger partial charge in [0.05, 0.1) is 5.41 Å². The Kier molecular flexibility index (Phi) is 3.61. The highest BCUT2D eigenvalue weighted by atomic mass is 19.3. The fourth-order valence-electron chi connectivity index (χ4n) is 2.90. The topological polar surface area (TPSA) is 37.3 Å². The number of carboxylic acid groups (broad SMARTS) is 1. The van der Waals surface area contributed by atoms with Crippen molar-refractivity contribution < 1.29 is 18.7 Å². The predicted molar refractivity (Wildman–Crippen MR) is 68.5 cm³/mol.